The van der Waals surface area contributed by atoms with Crippen LogP contribution < -0.4 is 15.2 Å². The predicted molar refractivity (Wildman–Crippen MR) is 129 cm³/mol. The number of rotatable bonds is 5. The minimum absolute atomic E-state index is 0.0718. The average Bonchev–Trinajstić information content (AvgIpc) is 3.25. The van der Waals surface area contributed by atoms with E-state index < -0.39 is 0 Å². The molecule has 0 saturated carbocycles. The normalized spacial score (nSPS) is 14.1. The van der Waals surface area contributed by atoms with Gasteiger partial charge in [0.05, 0.1) is 24.1 Å². The number of aryl methyl sites for hydroxylation is 1. The van der Waals surface area contributed by atoms with Crippen LogP contribution in [0.25, 0.3) is 28.0 Å². The number of fused-ring (bicyclic) bond motifs is 1. The van der Waals surface area contributed by atoms with E-state index in [4.69, 9.17) is 9.72 Å². The zero-order chi connectivity index (χ0) is 22.1. The number of hydrogen-bond donors (Lipinski definition) is 1. The van der Waals surface area contributed by atoms with Gasteiger partial charge in [-0.1, -0.05) is 49.4 Å². The Morgan fingerprint density at radius 1 is 0.969 bits per heavy atom. The first kappa shape index (κ1) is 20.4. The standard InChI is InChI=1S/C26H28N4O2/c1-3-21-22(18-12-14-20(32-2)15-13-18)26(31)30-25(27-21)24(29-16-8-5-9-17-29)23(28-30)19-10-6-4-7-11-19/h4,6-7,10-15,28H,3,5,8-9,16-17H2,1-2H3. The topological polar surface area (TPSA) is 62.6 Å². The van der Waals surface area contributed by atoms with Crippen LogP contribution in [0, 0.1) is 0 Å². The molecule has 0 spiro atoms. The van der Waals surface area contributed by atoms with Gasteiger partial charge in [-0.15, -0.1) is 0 Å². The molecular formula is C26H28N4O2. The van der Waals surface area contributed by atoms with Gasteiger partial charge in [-0.3, -0.25) is 9.89 Å². The van der Waals surface area contributed by atoms with Gasteiger partial charge in [0.2, 0.25) is 0 Å². The summed E-state index contributed by atoms with van der Waals surface area (Å²) in [6, 6.07) is 17.8. The van der Waals surface area contributed by atoms with Crippen LogP contribution in [0.1, 0.15) is 31.9 Å². The SMILES string of the molecule is CCc1nc2c(N3CCCCC3)c(-c3ccccc3)[nH]n2c(=O)c1-c1ccc(OC)cc1. The van der Waals surface area contributed by atoms with Gasteiger partial charge < -0.3 is 9.64 Å². The van der Waals surface area contributed by atoms with Crippen molar-refractivity contribution in [2.24, 2.45) is 0 Å². The maximum Gasteiger partial charge on any atom is 0.280 e. The van der Waals surface area contributed by atoms with E-state index in [9.17, 15) is 4.79 Å². The Kier molecular flexibility index (Phi) is 5.43. The van der Waals surface area contributed by atoms with Crippen LogP contribution in [0.2, 0.25) is 0 Å². The first-order valence-corrected chi connectivity index (χ1v) is 11.3. The number of aromatic amines is 1. The number of benzene rings is 2. The van der Waals surface area contributed by atoms with E-state index in [0.29, 0.717) is 17.6 Å². The Balaban J connectivity index is 1.77. The van der Waals surface area contributed by atoms with E-state index in [0.717, 1.165) is 59.9 Å². The van der Waals surface area contributed by atoms with Gasteiger partial charge in [-0.25, -0.2) is 4.98 Å². The minimum atomic E-state index is -0.0718. The zero-order valence-electron chi connectivity index (χ0n) is 18.6. The van der Waals surface area contributed by atoms with Crippen molar-refractivity contribution in [3.05, 3.63) is 70.6 Å². The molecular weight excluding hydrogens is 400 g/mol. The van der Waals surface area contributed by atoms with Gasteiger partial charge in [-0.2, -0.15) is 4.52 Å². The molecule has 0 aliphatic carbocycles. The summed E-state index contributed by atoms with van der Waals surface area (Å²) in [4.78, 5) is 21.2. The predicted octanol–water partition coefficient (Wildman–Crippen LogP) is 4.92. The maximum absolute atomic E-state index is 13.8. The summed E-state index contributed by atoms with van der Waals surface area (Å²) in [5.41, 5.74) is 5.99. The molecule has 1 aliphatic rings. The Morgan fingerprint density at radius 2 is 1.69 bits per heavy atom. The lowest BCUT2D eigenvalue weighted by Gasteiger charge is -2.28. The van der Waals surface area contributed by atoms with E-state index in [1.807, 2.05) is 42.5 Å². The highest BCUT2D eigenvalue weighted by Gasteiger charge is 2.25. The van der Waals surface area contributed by atoms with Crippen LogP contribution in [0.3, 0.4) is 0 Å². The number of nitrogens with zero attached hydrogens (tertiary/aromatic N) is 3. The van der Waals surface area contributed by atoms with Crippen molar-refractivity contribution in [3.63, 3.8) is 0 Å². The third-order valence-corrected chi connectivity index (χ3v) is 6.28. The highest BCUT2D eigenvalue weighted by Crippen LogP contribution is 2.35. The molecule has 2 aromatic carbocycles. The van der Waals surface area contributed by atoms with Gasteiger partial charge in [-0.05, 0) is 43.4 Å². The number of ether oxygens (including phenoxy) is 1. The molecule has 6 nitrogen and oxygen atoms in total. The van der Waals surface area contributed by atoms with Crippen molar-refractivity contribution in [1.82, 2.24) is 14.6 Å². The van der Waals surface area contributed by atoms with E-state index in [1.165, 1.54) is 6.42 Å². The zero-order valence-corrected chi connectivity index (χ0v) is 18.6. The lowest BCUT2D eigenvalue weighted by atomic mass is 10.0. The smallest absolute Gasteiger partial charge is 0.280 e. The first-order chi connectivity index (χ1) is 15.7. The fourth-order valence-corrected chi connectivity index (χ4v) is 4.63. The van der Waals surface area contributed by atoms with Crippen molar-refractivity contribution in [1.29, 1.82) is 0 Å². The number of anilines is 1. The Bertz CT molecular complexity index is 1280. The molecule has 164 valence electrons. The molecule has 1 saturated heterocycles. The monoisotopic (exact) mass is 428 g/mol. The van der Waals surface area contributed by atoms with Crippen molar-refractivity contribution in [2.75, 3.05) is 25.1 Å². The van der Waals surface area contributed by atoms with E-state index in [1.54, 1.807) is 11.6 Å². The minimum Gasteiger partial charge on any atom is -0.497 e. The fourth-order valence-electron chi connectivity index (χ4n) is 4.63. The van der Waals surface area contributed by atoms with E-state index in [2.05, 4.69) is 29.1 Å². The highest BCUT2D eigenvalue weighted by atomic mass is 16.5. The van der Waals surface area contributed by atoms with Gasteiger partial charge >= 0.3 is 0 Å². The largest absolute Gasteiger partial charge is 0.497 e. The molecule has 3 heterocycles. The van der Waals surface area contributed by atoms with Crippen LogP contribution in [0.15, 0.2) is 59.4 Å². The molecule has 4 aromatic rings. The second kappa shape index (κ2) is 8.54. The molecule has 0 bridgehead atoms. The fraction of sp³-hybridized carbons (Fsp3) is 0.308. The van der Waals surface area contributed by atoms with Crippen molar-refractivity contribution in [2.45, 2.75) is 32.6 Å². The molecule has 1 fully saturated rings. The second-order valence-corrected chi connectivity index (χ2v) is 8.23. The average molecular weight is 429 g/mol. The Labute approximate surface area is 187 Å². The Morgan fingerprint density at radius 3 is 2.34 bits per heavy atom. The van der Waals surface area contributed by atoms with Crippen molar-refractivity contribution >= 4 is 11.3 Å². The van der Waals surface area contributed by atoms with E-state index in [-0.39, 0.29) is 5.56 Å². The maximum atomic E-state index is 13.8. The second-order valence-electron chi connectivity index (χ2n) is 8.23. The molecule has 6 heteroatoms. The molecule has 0 radical (unpaired) electrons. The number of nitrogens with one attached hydrogen (secondary N) is 1. The van der Waals surface area contributed by atoms with E-state index >= 15 is 0 Å². The number of hydrogen-bond acceptors (Lipinski definition) is 4. The molecule has 2 aromatic heterocycles. The molecule has 0 amide bonds. The summed E-state index contributed by atoms with van der Waals surface area (Å²) in [7, 11) is 1.64. The summed E-state index contributed by atoms with van der Waals surface area (Å²) in [5.74, 6) is 0.763. The summed E-state index contributed by atoms with van der Waals surface area (Å²) in [6.45, 7) is 4.01. The number of H-pyrrole nitrogens is 1. The lowest BCUT2D eigenvalue weighted by molar-refractivity contribution is 0.415. The Hall–Kier alpha value is -3.54. The molecule has 1 aliphatic heterocycles. The van der Waals surface area contributed by atoms with Gasteiger partial charge in [0.15, 0.2) is 5.65 Å². The summed E-state index contributed by atoms with van der Waals surface area (Å²) in [5, 5.41) is 3.41. The van der Waals surface area contributed by atoms with Crippen molar-refractivity contribution in [3.8, 4) is 28.1 Å². The van der Waals surface area contributed by atoms with Gasteiger partial charge in [0.25, 0.3) is 5.56 Å². The quantitative estimate of drug-likeness (QED) is 0.490. The third kappa shape index (κ3) is 3.45. The number of piperidine rings is 1. The van der Waals surface area contributed by atoms with Crippen LogP contribution in [-0.2, 0) is 6.42 Å². The molecule has 0 atom stereocenters. The third-order valence-electron chi connectivity index (χ3n) is 6.28. The number of aromatic nitrogens is 3. The number of methoxy groups -OCH3 is 1. The molecule has 1 N–H and O–H groups in total. The summed E-state index contributed by atoms with van der Waals surface area (Å²) < 4.78 is 6.92. The van der Waals surface area contributed by atoms with Gasteiger partial charge in [0, 0.05) is 18.7 Å². The summed E-state index contributed by atoms with van der Waals surface area (Å²) >= 11 is 0. The molecule has 5 rings (SSSR count). The first-order valence-electron chi connectivity index (χ1n) is 11.3. The lowest BCUT2D eigenvalue weighted by Crippen LogP contribution is -2.30. The molecule has 0 unspecified atom stereocenters. The van der Waals surface area contributed by atoms with Crippen molar-refractivity contribution < 1.29 is 4.74 Å². The van der Waals surface area contributed by atoms with Gasteiger partial charge in [0.1, 0.15) is 11.4 Å². The highest BCUT2D eigenvalue weighted by molar-refractivity contribution is 5.87. The summed E-state index contributed by atoms with van der Waals surface area (Å²) in [6.07, 6.45) is 4.23. The van der Waals surface area contributed by atoms with Crippen LogP contribution in [0.4, 0.5) is 5.69 Å². The van der Waals surface area contributed by atoms with Crippen LogP contribution in [0.5, 0.6) is 5.75 Å². The van der Waals surface area contributed by atoms with Crippen LogP contribution >= 0.6 is 0 Å². The van der Waals surface area contributed by atoms with Crippen LogP contribution in [-0.4, -0.2) is 34.8 Å². The molecule has 32 heavy (non-hydrogen) atoms.